The van der Waals surface area contributed by atoms with Gasteiger partial charge in [-0.25, -0.2) is 0 Å². The monoisotopic (exact) mass is 299 g/mol. The minimum absolute atomic E-state index is 0.103. The zero-order valence-corrected chi connectivity index (χ0v) is 11.4. The summed E-state index contributed by atoms with van der Waals surface area (Å²) >= 11 is 0. The molecule has 114 valence electrons. The van der Waals surface area contributed by atoms with Gasteiger partial charge in [-0.05, 0) is 49.8 Å². The molecule has 0 radical (unpaired) electrons. The molecule has 0 spiro atoms. The van der Waals surface area contributed by atoms with E-state index in [1.54, 1.807) is 6.07 Å². The Morgan fingerprint density at radius 3 is 2.43 bits per heavy atom. The summed E-state index contributed by atoms with van der Waals surface area (Å²) in [6, 6.07) is 4.70. The van der Waals surface area contributed by atoms with Crippen LogP contribution in [0.1, 0.15) is 36.8 Å². The Labute approximate surface area is 121 Å². The van der Waals surface area contributed by atoms with Crippen LogP contribution in [0.5, 0.6) is 5.75 Å². The first kappa shape index (κ1) is 15.6. The molecule has 1 saturated carbocycles. The second-order valence-corrected chi connectivity index (χ2v) is 5.26. The maximum Gasteiger partial charge on any atom is 0.416 e. The van der Waals surface area contributed by atoms with E-state index < -0.39 is 11.7 Å². The summed E-state index contributed by atoms with van der Waals surface area (Å²) in [4.78, 5) is 0. The third-order valence-corrected chi connectivity index (χ3v) is 3.77. The van der Waals surface area contributed by atoms with Crippen LogP contribution in [0, 0.1) is 17.2 Å². The fourth-order valence-electron chi connectivity index (χ4n) is 2.51. The molecule has 0 saturated heterocycles. The minimum Gasteiger partial charge on any atom is -0.489 e. The molecule has 0 aromatic heterocycles. The Morgan fingerprint density at radius 2 is 1.90 bits per heavy atom. The van der Waals surface area contributed by atoms with Gasteiger partial charge in [0.05, 0.1) is 17.2 Å². The highest BCUT2D eigenvalue weighted by atomic mass is 19.4. The van der Waals surface area contributed by atoms with Crippen LogP contribution in [-0.4, -0.2) is 17.8 Å². The average molecular weight is 299 g/mol. The number of benzene rings is 1. The number of ether oxygens (including phenoxy) is 1. The van der Waals surface area contributed by atoms with Crippen LogP contribution in [0.25, 0.3) is 0 Å². The van der Waals surface area contributed by atoms with Crippen LogP contribution in [0.15, 0.2) is 18.2 Å². The van der Waals surface area contributed by atoms with E-state index in [2.05, 4.69) is 0 Å². The van der Waals surface area contributed by atoms with E-state index >= 15 is 0 Å². The number of halogens is 3. The van der Waals surface area contributed by atoms with E-state index in [4.69, 9.17) is 15.1 Å². The molecule has 1 N–H and O–H groups in total. The van der Waals surface area contributed by atoms with Crippen molar-refractivity contribution >= 4 is 0 Å². The molecule has 3 nitrogen and oxygen atoms in total. The Balaban J connectivity index is 2.09. The Kier molecular flexibility index (Phi) is 4.73. The molecule has 1 aliphatic carbocycles. The predicted molar refractivity (Wildman–Crippen MR) is 69.6 cm³/mol. The number of alkyl halides is 3. The fraction of sp³-hybridized carbons (Fsp3) is 0.533. The molecule has 6 heteroatoms. The lowest BCUT2D eigenvalue weighted by molar-refractivity contribution is -0.137. The third kappa shape index (κ3) is 3.88. The third-order valence-electron chi connectivity index (χ3n) is 3.77. The van der Waals surface area contributed by atoms with Crippen molar-refractivity contribution in [1.82, 2.24) is 0 Å². The largest absolute Gasteiger partial charge is 0.489 e. The van der Waals surface area contributed by atoms with Gasteiger partial charge < -0.3 is 9.84 Å². The first-order valence-electron chi connectivity index (χ1n) is 6.83. The van der Waals surface area contributed by atoms with Gasteiger partial charge in [0, 0.05) is 6.61 Å². The molecule has 21 heavy (non-hydrogen) atoms. The van der Waals surface area contributed by atoms with Crippen LogP contribution < -0.4 is 4.74 Å². The van der Waals surface area contributed by atoms with E-state index in [0.29, 0.717) is 0 Å². The smallest absolute Gasteiger partial charge is 0.416 e. The summed E-state index contributed by atoms with van der Waals surface area (Å²) in [5.41, 5.74) is -0.954. The zero-order chi connectivity index (χ0) is 15.5. The van der Waals surface area contributed by atoms with Gasteiger partial charge in [0.15, 0.2) is 0 Å². The number of hydrogen-bond donors (Lipinski definition) is 1. The van der Waals surface area contributed by atoms with Gasteiger partial charge >= 0.3 is 6.18 Å². The van der Waals surface area contributed by atoms with Crippen molar-refractivity contribution in [3.63, 3.8) is 0 Å². The molecular weight excluding hydrogens is 283 g/mol. The highest BCUT2D eigenvalue weighted by Gasteiger charge is 2.31. The number of nitriles is 1. The number of aliphatic hydroxyl groups excluding tert-OH is 1. The van der Waals surface area contributed by atoms with Crippen LogP contribution in [0.2, 0.25) is 0 Å². The lowest BCUT2D eigenvalue weighted by Gasteiger charge is -2.28. The van der Waals surface area contributed by atoms with Crippen LogP contribution >= 0.6 is 0 Å². The highest BCUT2D eigenvalue weighted by Crippen LogP contribution is 2.34. The maximum absolute atomic E-state index is 12.6. The Hall–Kier alpha value is -1.74. The van der Waals surface area contributed by atoms with Crippen LogP contribution in [-0.2, 0) is 6.18 Å². The van der Waals surface area contributed by atoms with E-state index in [-0.39, 0.29) is 29.9 Å². The summed E-state index contributed by atoms with van der Waals surface area (Å²) in [5.74, 6) is 0.464. The van der Waals surface area contributed by atoms with E-state index in [0.717, 1.165) is 37.8 Å². The summed E-state index contributed by atoms with van der Waals surface area (Å²) in [5, 5.41) is 18.1. The van der Waals surface area contributed by atoms with Gasteiger partial charge in [-0.2, -0.15) is 18.4 Å². The standard InChI is InChI=1S/C15H16F3NO2/c16-15(17,18)12-3-6-14(11(7-12)8-19)21-13-4-1-10(9-20)2-5-13/h3,6-7,10,13,20H,1-2,4-5,9H2. The number of hydrogen-bond acceptors (Lipinski definition) is 3. The van der Waals surface area contributed by atoms with Crippen molar-refractivity contribution in [1.29, 1.82) is 5.26 Å². The number of nitrogens with zero attached hydrogens (tertiary/aromatic N) is 1. The SMILES string of the molecule is N#Cc1cc(C(F)(F)F)ccc1OC1CCC(CO)CC1. The molecule has 0 aliphatic heterocycles. The summed E-state index contributed by atoms with van der Waals surface area (Å²) < 4.78 is 43.5. The molecule has 0 amide bonds. The lowest BCUT2D eigenvalue weighted by atomic mass is 9.88. The van der Waals surface area contributed by atoms with E-state index in [9.17, 15) is 13.2 Å². The molecule has 0 unspecified atom stereocenters. The summed E-state index contributed by atoms with van der Waals surface area (Å²) in [6.07, 6.45) is -1.47. The maximum atomic E-state index is 12.6. The van der Waals surface area contributed by atoms with E-state index in [1.165, 1.54) is 6.07 Å². The second kappa shape index (κ2) is 6.35. The number of aliphatic hydroxyl groups is 1. The number of rotatable bonds is 3. The zero-order valence-electron chi connectivity index (χ0n) is 11.4. The summed E-state index contributed by atoms with van der Waals surface area (Å²) in [7, 11) is 0. The molecule has 2 rings (SSSR count). The van der Waals surface area contributed by atoms with Gasteiger partial charge in [0.25, 0.3) is 0 Å². The first-order valence-corrected chi connectivity index (χ1v) is 6.83. The van der Waals surface area contributed by atoms with Crippen LogP contribution in [0.4, 0.5) is 13.2 Å². The van der Waals surface area contributed by atoms with Gasteiger partial charge in [-0.3, -0.25) is 0 Å². The molecule has 0 atom stereocenters. The molecule has 1 aromatic rings. The lowest BCUT2D eigenvalue weighted by Crippen LogP contribution is -2.25. The van der Waals surface area contributed by atoms with Gasteiger partial charge in [-0.15, -0.1) is 0 Å². The average Bonchev–Trinajstić information content (AvgIpc) is 2.47. The van der Waals surface area contributed by atoms with Crippen molar-refractivity contribution in [2.45, 2.75) is 38.0 Å². The van der Waals surface area contributed by atoms with Crippen molar-refractivity contribution in [3.05, 3.63) is 29.3 Å². The van der Waals surface area contributed by atoms with Crippen molar-refractivity contribution in [2.75, 3.05) is 6.61 Å². The van der Waals surface area contributed by atoms with Crippen LogP contribution in [0.3, 0.4) is 0 Å². The predicted octanol–water partition coefficient (Wildman–Crippen LogP) is 3.51. The molecule has 1 fully saturated rings. The quantitative estimate of drug-likeness (QED) is 0.929. The normalized spacial score (nSPS) is 22.6. The molecule has 1 aromatic carbocycles. The van der Waals surface area contributed by atoms with Gasteiger partial charge in [-0.1, -0.05) is 0 Å². The van der Waals surface area contributed by atoms with Gasteiger partial charge in [0.2, 0.25) is 0 Å². The van der Waals surface area contributed by atoms with Crippen molar-refractivity contribution in [3.8, 4) is 11.8 Å². The Bertz CT molecular complexity index is 529. The molecule has 0 heterocycles. The molecule has 1 aliphatic rings. The Morgan fingerprint density at radius 1 is 1.24 bits per heavy atom. The van der Waals surface area contributed by atoms with Gasteiger partial charge in [0.1, 0.15) is 11.8 Å². The van der Waals surface area contributed by atoms with E-state index in [1.807, 2.05) is 0 Å². The topological polar surface area (TPSA) is 53.2 Å². The molecular formula is C15H16F3NO2. The van der Waals surface area contributed by atoms with Crippen molar-refractivity contribution in [2.24, 2.45) is 5.92 Å². The van der Waals surface area contributed by atoms with Crippen molar-refractivity contribution < 1.29 is 23.0 Å². The second-order valence-electron chi connectivity index (χ2n) is 5.26. The molecule has 0 bridgehead atoms. The first-order chi connectivity index (χ1) is 9.94. The minimum atomic E-state index is -4.47. The highest BCUT2D eigenvalue weighted by molar-refractivity contribution is 5.46. The fourth-order valence-corrected chi connectivity index (χ4v) is 2.51. The summed E-state index contributed by atoms with van der Waals surface area (Å²) in [6.45, 7) is 0.149.